The largest absolute Gasteiger partial charge is 0.452 e. The fourth-order valence-corrected chi connectivity index (χ4v) is 2.55. The average Bonchev–Trinajstić information content (AvgIpc) is 2.83. The Balaban J connectivity index is 1.92. The van der Waals surface area contributed by atoms with E-state index >= 15 is 0 Å². The second kappa shape index (κ2) is 5.99. The van der Waals surface area contributed by atoms with Crippen LogP contribution in [0, 0.1) is 6.92 Å². The van der Waals surface area contributed by atoms with Crippen molar-refractivity contribution in [2.45, 2.75) is 6.92 Å². The number of ketones is 1. The zero-order chi connectivity index (χ0) is 15.7. The highest BCUT2D eigenvalue weighted by Gasteiger charge is 2.15. The van der Waals surface area contributed by atoms with Gasteiger partial charge in [0, 0.05) is 21.0 Å². The van der Waals surface area contributed by atoms with Crippen LogP contribution in [0.3, 0.4) is 0 Å². The lowest BCUT2D eigenvalue weighted by Crippen LogP contribution is -1.93. The number of rotatable bonds is 3. The highest BCUT2D eigenvalue weighted by atomic mass is 35.5. The van der Waals surface area contributed by atoms with E-state index in [1.807, 2.05) is 19.1 Å². The van der Waals surface area contributed by atoms with Crippen LogP contribution >= 0.6 is 23.2 Å². The molecule has 110 valence electrons. The number of carbonyl (C=O) groups excluding carboxylic acids is 1. The summed E-state index contributed by atoms with van der Waals surface area (Å²) < 4.78 is 5.64. The molecule has 3 rings (SSSR count). The molecule has 4 heteroatoms. The Bertz CT molecular complexity index is 874. The predicted molar refractivity (Wildman–Crippen MR) is 90.8 cm³/mol. The van der Waals surface area contributed by atoms with E-state index in [-0.39, 0.29) is 5.78 Å². The van der Waals surface area contributed by atoms with Gasteiger partial charge in [-0.15, -0.1) is 0 Å². The first-order chi connectivity index (χ1) is 10.5. The number of hydrogen-bond acceptors (Lipinski definition) is 2. The molecule has 0 N–H and O–H groups in total. The van der Waals surface area contributed by atoms with Crippen LogP contribution in [0.4, 0.5) is 0 Å². The average molecular weight is 331 g/mol. The van der Waals surface area contributed by atoms with Gasteiger partial charge in [0.2, 0.25) is 5.78 Å². The first-order valence-electron chi connectivity index (χ1n) is 6.71. The van der Waals surface area contributed by atoms with Gasteiger partial charge in [-0.05, 0) is 48.9 Å². The standard InChI is InChI=1S/C18H12Cl2O2/c1-11-15-10-14(20)7-9-17(15)22-18(11)16(21)8-4-12-2-5-13(19)6-3-12/h2-10H,1H3/b8-4+. The third kappa shape index (κ3) is 2.94. The van der Waals surface area contributed by atoms with Crippen molar-refractivity contribution in [1.29, 1.82) is 0 Å². The van der Waals surface area contributed by atoms with Gasteiger partial charge in [0.15, 0.2) is 5.76 Å². The van der Waals surface area contributed by atoms with Crippen molar-refractivity contribution in [3.63, 3.8) is 0 Å². The number of furan rings is 1. The van der Waals surface area contributed by atoms with Crippen molar-refractivity contribution >= 4 is 46.0 Å². The minimum Gasteiger partial charge on any atom is -0.452 e. The first kappa shape index (κ1) is 14.9. The molecule has 0 spiro atoms. The fraction of sp³-hybridized carbons (Fsp3) is 0.0556. The van der Waals surface area contributed by atoms with Gasteiger partial charge < -0.3 is 4.42 Å². The van der Waals surface area contributed by atoms with Crippen LogP contribution in [0.5, 0.6) is 0 Å². The van der Waals surface area contributed by atoms with Crippen LogP contribution < -0.4 is 0 Å². The number of fused-ring (bicyclic) bond motifs is 1. The van der Waals surface area contributed by atoms with Crippen molar-refractivity contribution in [3.8, 4) is 0 Å². The normalized spacial score (nSPS) is 11.4. The molecule has 22 heavy (non-hydrogen) atoms. The van der Waals surface area contributed by atoms with E-state index in [0.717, 1.165) is 16.5 Å². The van der Waals surface area contributed by atoms with E-state index in [1.54, 1.807) is 36.4 Å². The molecule has 2 aromatic carbocycles. The Morgan fingerprint density at radius 2 is 1.73 bits per heavy atom. The molecule has 0 aliphatic rings. The molecule has 0 radical (unpaired) electrons. The third-order valence-electron chi connectivity index (χ3n) is 3.42. The third-order valence-corrected chi connectivity index (χ3v) is 3.91. The molecule has 0 bridgehead atoms. The summed E-state index contributed by atoms with van der Waals surface area (Å²) >= 11 is 11.8. The minimum atomic E-state index is -0.181. The lowest BCUT2D eigenvalue weighted by molar-refractivity contribution is 0.102. The van der Waals surface area contributed by atoms with Gasteiger partial charge in [-0.3, -0.25) is 4.79 Å². The molecule has 1 heterocycles. The number of allylic oxidation sites excluding steroid dienone is 1. The lowest BCUT2D eigenvalue weighted by atomic mass is 10.1. The summed E-state index contributed by atoms with van der Waals surface area (Å²) in [6, 6.07) is 12.6. The van der Waals surface area contributed by atoms with E-state index in [4.69, 9.17) is 27.6 Å². The molecule has 3 aromatic rings. The second-order valence-electron chi connectivity index (χ2n) is 4.95. The highest BCUT2D eigenvalue weighted by Crippen LogP contribution is 2.28. The molecule has 0 atom stereocenters. The van der Waals surface area contributed by atoms with Crippen LogP contribution in [0.1, 0.15) is 21.7 Å². The molecule has 0 fully saturated rings. The zero-order valence-electron chi connectivity index (χ0n) is 11.8. The summed E-state index contributed by atoms with van der Waals surface area (Å²) in [5.41, 5.74) is 2.35. The van der Waals surface area contributed by atoms with E-state index in [1.165, 1.54) is 6.08 Å². The van der Waals surface area contributed by atoms with E-state index < -0.39 is 0 Å². The van der Waals surface area contributed by atoms with E-state index in [9.17, 15) is 4.79 Å². The van der Waals surface area contributed by atoms with E-state index in [0.29, 0.717) is 21.4 Å². The van der Waals surface area contributed by atoms with Gasteiger partial charge in [-0.1, -0.05) is 41.4 Å². The Morgan fingerprint density at radius 1 is 1.05 bits per heavy atom. The minimum absolute atomic E-state index is 0.181. The Kier molecular flexibility index (Phi) is 4.06. The number of aryl methyl sites for hydroxylation is 1. The van der Waals surface area contributed by atoms with Crippen molar-refractivity contribution < 1.29 is 9.21 Å². The molecule has 1 aromatic heterocycles. The maximum Gasteiger partial charge on any atom is 0.221 e. The number of halogens is 2. The molecular formula is C18H12Cl2O2. The molecular weight excluding hydrogens is 319 g/mol. The van der Waals surface area contributed by atoms with Crippen LogP contribution in [0.25, 0.3) is 17.0 Å². The molecule has 0 amide bonds. The van der Waals surface area contributed by atoms with Crippen molar-refractivity contribution in [1.82, 2.24) is 0 Å². The van der Waals surface area contributed by atoms with Crippen LogP contribution in [-0.4, -0.2) is 5.78 Å². The van der Waals surface area contributed by atoms with Crippen LogP contribution in [0.2, 0.25) is 10.0 Å². The summed E-state index contributed by atoms with van der Waals surface area (Å²) in [6.45, 7) is 1.85. The predicted octanol–water partition coefficient (Wildman–Crippen LogP) is 5.94. The lowest BCUT2D eigenvalue weighted by Gasteiger charge is -1.94. The Hall–Kier alpha value is -2.03. The first-order valence-corrected chi connectivity index (χ1v) is 7.47. The summed E-state index contributed by atoms with van der Waals surface area (Å²) in [7, 11) is 0. The molecule has 2 nitrogen and oxygen atoms in total. The summed E-state index contributed by atoms with van der Waals surface area (Å²) in [4.78, 5) is 12.3. The molecule has 0 unspecified atom stereocenters. The summed E-state index contributed by atoms with van der Waals surface area (Å²) in [6.07, 6.45) is 3.23. The van der Waals surface area contributed by atoms with Gasteiger partial charge in [-0.2, -0.15) is 0 Å². The topological polar surface area (TPSA) is 30.2 Å². The second-order valence-corrected chi connectivity index (χ2v) is 5.82. The SMILES string of the molecule is Cc1c(C(=O)/C=C/c2ccc(Cl)cc2)oc2ccc(Cl)cc12. The zero-order valence-corrected chi connectivity index (χ0v) is 13.3. The maximum absolute atomic E-state index is 12.3. The van der Waals surface area contributed by atoms with Crippen LogP contribution in [0.15, 0.2) is 53.0 Å². The molecule has 0 aliphatic heterocycles. The van der Waals surface area contributed by atoms with E-state index in [2.05, 4.69) is 0 Å². The highest BCUT2D eigenvalue weighted by molar-refractivity contribution is 6.31. The van der Waals surface area contributed by atoms with Gasteiger partial charge in [0.1, 0.15) is 5.58 Å². The molecule has 0 aliphatic carbocycles. The van der Waals surface area contributed by atoms with Crippen LogP contribution in [-0.2, 0) is 0 Å². The number of benzene rings is 2. The fourth-order valence-electron chi connectivity index (χ4n) is 2.25. The Labute approximate surface area is 138 Å². The summed E-state index contributed by atoms with van der Waals surface area (Å²) in [5.74, 6) is 0.155. The van der Waals surface area contributed by atoms with Gasteiger partial charge >= 0.3 is 0 Å². The van der Waals surface area contributed by atoms with Gasteiger partial charge in [-0.25, -0.2) is 0 Å². The Morgan fingerprint density at radius 3 is 2.45 bits per heavy atom. The number of hydrogen-bond donors (Lipinski definition) is 0. The van der Waals surface area contributed by atoms with Crippen molar-refractivity contribution in [3.05, 3.63) is 75.5 Å². The van der Waals surface area contributed by atoms with Gasteiger partial charge in [0.25, 0.3) is 0 Å². The van der Waals surface area contributed by atoms with Gasteiger partial charge in [0.05, 0.1) is 0 Å². The summed E-state index contributed by atoms with van der Waals surface area (Å²) in [5, 5.41) is 2.14. The quantitative estimate of drug-likeness (QED) is 0.439. The molecule has 0 saturated carbocycles. The monoisotopic (exact) mass is 330 g/mol. The van der Waals surface area contributed by atoms with Crippen molar-refractivity contribution in [2.24, 2.45) is 0 Å². The maximum atomic E-state index is 12.3. The van der Waals surface area contributed by atoms with Crippen molar-refractivity contribution in [2.75, 3.05) is 0 Å². The smallest absolute Gasteiger partial charge is 0.221 e. The molecule has 0 saturated heterocycles. The number of carbonyl (C=O) groups is 1.